The first-order valence-corrected chi connectivity index (χ1v) is 8.57. The Kier molecular flexibility index (Phi) is 6.20. The molecule has 2 saturated carbocycles. The highest BCUT2D eigenvalue weighted by atomic mass is 14.3. The molecule has 19 heavy (non-hydrogen) atoms. The molecule has 0 heteroatoms. The third-order valence-corrected chi connectivity index (χ3v) is 5.54. The molecule has 0 nitrogen and oxygen atoms in total. The second-order valence-corrected chi connectivity index (χ2v) is 6.79. The monoisotopic (exact) mass is 264 g/mol. The smallest absolute Gasteiger partial charge is 0 e. The van der Waals surface area contributed by atoms with Crippen LogP contribution in [0.25, 0.3) is 0 Å². The van der Waals surface area contributed by atoms with Crippen LogP contribution in [0.5, 0.6) is 0 Å². The first-order chi connectivity index (χ1) is 9.33. The van der Waals surface area contributed by atoms with E-state index in [4.69, 9.17) is 0 Å². The maximum absolute atomic E-state index is 2.43. The van der Waals surface area contributed by atoms with Crippen LogP contribution in [0.1, 0.15) is 74.5 Å². The predicted octanol–water partition coefficient (Wildman–Crippen LogP) is 6.63. The van der Waals surface area contributed by atoms with E-state index in [2.05, 4.69) is 38.2 Å². The van der Waals surface area contributed by atoms with Gasteiger partial charge < -0.3 is 0 Å². The Bertz CT molecular complexity index is 293. The summed E-state index contributed by atoms with van der Waals surface area (Å²) in [5.41, 5.74) is 0. The van der Waals surface area contributed by atoms with Gasteiger partial charge >= 0.3 is 0 Å². The Morgan fingerprint density at radius 3 is 1.89 bits per heavy atom. The highest BCUT2D eigenvalue weighted by Gasteiger charge is 2.29. The molecule has 0 radical (unpaired) electrons. The molecule has 0 aromatic rings. The van der Waals surface area contributed by atoms with Crippen LogP contribution >= 0.6 is 0 Å². The zero-order valence-corrected chi connectivity index (χ0v) is 13.0. The predicted molar refractivity (Wildman–Crippen MR) is 89.4 cm³/mol. The third-order valence-electron chi connectivity index (χ3n) is 5.54. The average Bonchev–Trinajstić information content (AvgIpc) is 2.47. The maximum Gasteiger partial charge on any atom is 0 e. The van der Waals surface area contributed by atoms with Crippen LogP contribution < -0.4 is 0 Å². The average molecular weight is 264 g/mol. The van der Waals surface area contributed by atoms with E-state index in [-0.39, 0.29) is 2.85 Å². The lowest BCUT2D eigenvalue weighted by atomic mass is 9.69. The molecular formula is C19H36. The van der Waals surface area contributed by atoms with Crippen molar-refractivity contribution in [3.63, 3.8) is 0 Å². The van der Waals surface area contributed by atoms with Crippen molar-refractivity contribution < 1.29 is 2.85 Å². The lowest BCUT2D eigenvalue weighted by Gasteiger charge is -2.37. The summed E-state index contributed by atoms with van der Waals surface area (Å²) in [6.45, 7) is 4.31. The molecule has 0 aliphatic heterocycles. The van der Waals surface area contributed by atoms with Crippen LogP contribution in [0.15, 0.2) is 24.3 Å². The second-order valence-electron chi connectivity index (χ2n) is 6.79. The van der Waals surface area contributed by atoms with Gasteiger partial charge in [-0.25, -0.2) is 0 Å². The molecule has 0 unspecified atom stereocenters. The lowest BCUT2D eigenvalue weighted by molar-refractivity contribution is 0.156. The first kappa shape index (κ1) is 14.9. The second kappa shape index (κ2) is 7.92. The van der Waals surface area contributed by atoms with Gasteiger partial charge in [-0.2, -0.15) is 0 Å². The summed E-state index contributed by atoms with van der Waals surface area (Å²) in [4.78, 5) is 0. The fourth-order valence-electron chi connectivity index (χ4n) is 4.30. The van der Waals surface area contributed by atoms with Crippen molar-refractivity contribution in [2.45, 2.75) is 71.6 Å². The first-order valence-electron chi connectivity index (χ1n) is 8.57. The Balaban J connectivity index is 0.00000200. The highest BCUT2D eigenvalue weighted by molar-refractivity contribution is 4.91. The molecular weight excluding hydrogens is 228 g/mol. The standard InChI is InChI=1S/C19H32.2H2/c1-3-5-7-17-10-14-19(15-11-17)18-12-8-16(6-4-2)9-13-18;;/h3-6,16-19H,7-15H2,1-2H3;2*1H/b5-3+,6-4+;;. The van der Waals surface area contributed by atoms with Crippen LogP contribution in [-0.4, -0.2) is 0 Å². The van der Waals surface area contributed by atoms with Crippen molar-refractivity contribution in [1.82, 2.24) is 0 Å². The molecule has 0 bridgehead atoms. The van der Waals surface area contributed by atoms with Crippen molar-refractivity contribution in [2.75, 3.05) is 0 Å². The molecule has 0 atom stereocenters. The Morgan fingerprint density at radius 1 is 0.789 bits per heavy atom. The van der Waals surface area contributed by atoms with Gasteiger partial charge in [-0.05, 0) is 95.3 Å². The van der Waals surface area contributed by atoms with Crippen LogP contribution in [0, 0.1) is 23.7 Å². The van der Waals surface area contributed by atoms with Gasteiger partial charge in [0.15, 0.2) is 0 Å². The van der Waals surface area contributed by atoms with Gasteiger partial charge in [0, 0.05) is 2.85 Å². The molecule has 112 valence electrons. The van der Waals surface area contributed by atoms with E-state index < -0.39 is 0 Å². The van der Waals surface area contributed by atoms with Gasteiger partial charge in [0.05, 0.1) is 0 Å². The van der Waals surface area contributed by atoms with Gasteiger partial charge in [0.1, 0.15) is 0 Å². The molecule has 0 aromatic carbocycles. The summed E-state index contributed by atoms with van der Waals surface area (Å²) >= 11 is 0. The molecule has 0 amide bonds. The Hall–Kier alpha value is -0.520. The SMILES string of the molecule is C/C=C/CC1CCC(C2CCC(/C=C/C)CC2)CC1.[HH].[HH]. The summed E-state index contributed by atoms with van der Waals surface area (Å²) in [6, 6.07) is 0. The van der Waals surface area contributed by atoms with E-state index in [1.807, 2.05) is 0 Å². The third kappa shape index (κ3) is 4.51. The minimum absolute atomic E-state index is 0. The summed E-state index contributed by atoms with van der Waals surface area (Å²) in [6.07, 6.45) is 22.5. The molecule has 2 aliphatic carbocycles. The minimum Gasteiger partial charge on any atom is -0.0917 e. The van der Waals surface area contributed by atoms with E-state index in [0.29, 0.717) is 0 Å². The van der Waals surface area contributed by atoms with Crippen molar-refractivity contribution in [1.29, 1.82) is 0 Å². The van der Waals surface area contributed by atoms with Crippen LogP contribution in [0.4, 0.5) is 0 Å². The van der Waals surface area contributed by atoms with Crippen molar-refractivity contribution in [3.05, 3.63) is 24.3 Å². The quantitative estimate of drug-likeness (QED) is 0.500. The highest BCUT2D eigenvalue weighted by Crippen LogP contribution is 2.42. The number of allylic oxidation sites excluding steroid dienone is 4. The molecule has 0 heterocycles. The van der Waals surface area contributed by atoms with E-state index in [9.17, 15) is 0 Å². The van der Waals surface area contributed by atoms with E-state index in [0.717, 1.165) is 23.7 Å². The Labute approximate surface area is 123 Å². The topological polar surface area (TPSA) is 0 Å². The Morgan fingerprint density at radius 2 is 1.37 bits per heavy atom. The van der Waals surface area contributed by atoms with Gasteiger partial charge in [-0.15, -0.1) is 0 Å². The zero-order chi connectivity index (χ0) is 13.5. The van der Waals surface area contributed by atoms with Crippen LogP contribution in [-0.2, 0) is 0 Å². The molecule has 0 spiro atoms. The van der Waals surface area contributed by atoms with Gasteiger partial charge in [-0.3, -0.25) is 0 Å². The summed E-state index contributed by atoms with van der Waals surface area (Å²) in [7, 11) is 0. The van der Waals surface area contributed by atoms with Gasteiger partial charge in [-0.1, -0.05) is 24.3 Å². The zero-order valence-electron chi connectivity index (χ0n) is 13.0. The summed E-state index contributed by atoms with van der Waals surface area (Å²) in [5.74, 6) is 4.01. The number of hydrogen-bond acceptors (Lipinski definition) is 0. The normalized spacial score (nSPS) is 37.2. The number of hydrogen-bond donors (Lipinski definition) is 0. The van der Waals surface area contributed by atoms with Crippen molar-refractivity contribution in [3.8, 4) is 0 Å². The minimum atomic E-state index is 0. The van der Waals surface area contributed by atoms with Gasteiger partial charge in [0.25, 0.3) is 0 Å². The van der Waals surface area contributed by atoms with Crippen LogP contribution in [0.3, 0.4) is 0 Å². The number of rotatable bonds is 4. The fourth-order valence-corrected chi connectivity index (χ4v) is 4.30. The molecule has 0 aromatic heterocycles. The molecule has 0 N–H and O–H groups in total. The van der Waals surface area contributed by atoms with E-state index in [1.165, 1.54) is 57.8 Å². The largest absolute Gasteiger partial charge is 0.0917 e. The summed E-state index contributed by atoms with van der Waals surface area (Å²) < 4.78 is 0. The molecule has 2 rings (SSSR count). The van der Waals surface area contributed by atoms with Crippen LogP contribution in [0.2, 0.25) is 0 Å². The fraction of sp³-hybridized carbons (Fsp3) is 0.789. The van der Waals surface area contributed by atoms with E-state index >= 15 is 0 Å². The lowest BCUT2D eigenvalue weighted by Crippen LogP contribution is -2.25. The van der Waals surface area contributed by atoms with Gasteiger partial charge in [0.2, 0.25) is 0 Å². The molecule has 0 saturated heterocycles. The van der Waals surface area contributed by atoms with E-state index in [1.54, 1.807) is 0 Å². The molecule has 2 aliphatic rings. The summed E-state index contributed by atoms with van der Waals surface area (Å²) in [5, 5.41) is 0. The van der Waals surface area contributed by atoms with Crippen molar-refractivity contribution in [2.24, 2.45) is 23.7 Å². The maximum atomic E-state index is 2.43. The van der Waals surface area contributed by atoms with Crippen molar-refractivity contribution >= 4 is 0 Å². The molecule has 2 fully saturated rings.